The van der Waals surface area contributed by atoms with Crippen molar-refractivity contribution in [3.63, 3.8) is 0 Å². The second-order valence-corrected chi connectivity index (χ2v) is 4.60. The number of carbonyl (C=O) groups is 1. The number of H-pyrrole nitrogens is 1. The fraction of sp³-hybridized carbons (Fsp3) is 0.308. The van der Waals surface area contributed by atoms with Crippen molar-refractivity contribution in [2.75, 3.05) is 6.54 Å². The van der Waals surface area contributed by atoms with Crippen LogP contribution in [0.2, 0.25) is 0 Å². The highest BCUT2D eigenvalue weighted by molar-refractivity contribution is 5.86. The smallest absolute Gasteiger partial charge is 0.324 e. The van der Waals surface area contributed by atoms with Crippen molar-refractivity contribution in [1.82, 2.24) is 10.3 Å². The van der Waals surface area contributed by atoms with E-state index in [0.717, 1.165) is 23.0 Å². The van der Waals surface area contributed by atoms with Crippen LogP contribution < -0.4 is 5.32 Å². The summed E-state index contributed by atoms with van der Waals surface area (Å²) in [6.07, 6.45) is 3.14. The highest BCUT2D eigenvalue weighted by Crippen LogP contribution is 2.28. The Kier molecular flexibility index (Phi) is 2.19. The molecule has 17 heavy (non-hydrogen) atoms. The number of nitrogens with one attached hydrogen (secondary N) is 2. The molecule has 0 bridgehead atoms. The molecule has 1 aliphatic heterocycles. The molecule has 1 saturated heterocycles. The van der Waals surface area contributed by atoms with Gasteiger partial charge in [0.1, 0.15) is 5.54 Å². The van der Waals surface area contributed by atoms with Crippen molar-refractivity contribution in [1.29, 1.82) is 0 Å². The molecular weight excluding hydrogens is 216 g/mol. The SMILES string of the molecule is O=C(O)[C@@]1(Cc2c[nH]c3ccccc23)CCN1. The fourth-order valence-corrected chi connectivity index (χ4v) is 2.44. The molecule has 2 aromatic rings. The van der Waals surface area contributed by atoms with Gasteiger partial charge in [0, 0.05) is 23.5 Å². The van der Waals surface area contributed by atoms with Crippen molar-refractivity contribution in [3.8, 4) is 0 Å². The molecule has 4 nitrogen and oxygen atoms in total. The number of carboxylic acids is 1. The van der Waals surface area contributed by atoms with E-state index in [0.29, 0.717) is 12.8 Å². The normalized spacial score (nSPS) is 23.5. The lowest BCUT2D eigenvalue weighted by Gasteiger charge is -2.39. The summed E-state index contributed by atoms with van der Waals surface area (Å²) in [4.78, 5) is 14.5. The van der Waals surface area contributed by atoms with Crippen LogP contribution in [0.1, 0.15) is 12.0 Å². The molecule has 2 heterocycles. The van der Waals surface area contributed by atoms with Gasteiger partial charge in [0.05, 0.1) is 0 Å². The maximum absolute atomic E-state index is 11.3. The lowest BCUT2D eigenvalue weighted by atomic mass is 9.82. The predicted octanol–water partition coefficient (Wildman–Crippen LogP) is 1.53. The summed E-state index contributed by atoms with van der Waals surface area (Å²) in [6.45, 7) is 0.786. The van der Waals surface area contributed by atoms with Gasteiger partial charge in [-0.15, -0.1) is 0 Å². The number of para-hydroxylation sites is 1. The third-order valence-electron chi connectivity index (χ3n) is 3.59. The molecule has 0 radical (unpaired) electrons. The summed E-state index contributed by atoms with van der Waals surface area (Å²) in [6, 6.07) is 7.97. The van der Waals surface area contributed by atoms with Crippen molar-refractivity contribution in [2.24, 2.45) is 0 Å². The van der Waals surface area contributed by atoms with Crippen molar-refractivity contribution < 1.29 is 9.90 Å². The van der Waals surface area contributed by atoms with E-state index in [1.165, 1.54) is 0 Å². The van der Waals surface area contributed by atoms with Crippen molar-refractivity contribution >= 4 is 16.9 Å². The summed E-state index contributed by atoms with van der Waals surface area (Å²) in [5, 5.41) is 13.4. The Labute approximate surface area is 98.6 Å². The van der Waals surface area contributed by atoms with E-state index in [4.69, 9.17) is 0 Å². The molecule has 1 aromatic heterocycles. The lowest BCUT2D eigenvalue weighted by Crippen LogP contribution is -2.63. The molecule has 1 atom stereocenters. The number of fused-ring (bicyclic) bond motifs is 1. The Morgan fingerprint density at radius 1 is 1.41 bits per heavy atom. The van der Waals surface area contributed by atoms with E-state index in [9.17, 15) is 9.90 Å². The fourth-order valence-electron chi connectivity index (χ4n) is 2.44. The summed E-state index contributed by atoms with van der Waals surface area (Å²) < 4.78 is 0. The number of aromatic nitrogens is 1. The maximum atomic E-state index is 11.3. The van der Waals surface area contributed by atoms with Crippen molar-refractivity contribution in [3.05, 3.63) is 36.0 Å². The second kappa shape index (κ2) is 3.60. The van der Waals surface area contributed by atoms with E-state index < -0.39 is 11.5 Å². The minimum atomic E-state index is -0.759. The maximum Gasteiger partial charge on any atom is 0.324 e. The Balaban J connectivity index is 1.97. The first-order valence-electron chi connectivity index (χ1n) is 5.75. The highest BCUT2D eigenvalue weighted by atomic mass is 16.4. The Morgan fingerprint density at radius 2 is 2.18 bits per heavy atom. The topological polar surface area (TPSA) is 65.1 Å². The number of aliphatic carboxylic acids is 1. The number of hydrogen-bond acceptors (Lipinski definition) is 2. The average Bonchev–Trinajstić information content (AvgIpc) is 2.66. The van der Waals surface area contributed by atoms with E-state index in [2.05, 4.69) is 10.3 Å². The molecule has 0 unspecified atom stereocenters. The Hall–Kier alpha value is -1.81. The summed E-state index contributed by atoms with van der Waals surface area (Å²) in [5.74, 6) is -0.756. The summed E-state index contributed by atoms with van der Waals surface area (Å²) in [5.41, 5.74) is 1.36. The zero-order chi connectivity index (χ0) is 11.9. The largest absolute Gasteiger partial charge is 0.480 e. The van der Waals surface area contributed by atoms with E-state index in [1.54, 1.807) is 0 Å². The van der Waals surface area contributed by atoms with Gasteiger partial charge in [0.2, 0.25) is 0 Å². The standard InChI is InChI=1S/C13H14N2O2/c16-12(17)13(5-6-15-13)7-9-8-14-11-4-2-1-3-10(9)11/h1-4,8,14-15H,5-7H2,(H,16,17)/t13-/m0/s1. The molecular formula is C13H14N2O2. The molecule has 3 rings (SSSR count). The van der Waals surface area contributed by atoms with Crippen LogP contribution in [-0.4, -0.2) is 28.1 Å². The molecule has 88 valence electrons. The number of aromatic amines is 1. The van der Waals surface area contributed by atoms with Gasteiger partial charge in [-0.1, -0.05) is 18.2 Å². The van der Waals surface area contributed by atoms with Crippen LogP contribution in [0.25, 0.3) is 10.9 Å². The van der Waals surface area contributed by atoms with Crippen LogP contribution in [0.3, 0.4) is 0 Å². The Bertz CT molecular complexity index is 570. The summed E-state index contributed by atoms with van der Waals surface area (Å²) >= 11 is 0. The minimum Gasteiger partial charge on any atom is -0.480 e. The third kappa shape index (κ3) is 1.52. The van der Waals surface area contributed by atoms with Gasteiger partial charge in [0.15, 0.2) is 0 Å². The monoisotopic (exact) mass is 230 g/mol. The lowest BCUT2D eigenvalue weighted by molar-refractivity contribution is -0.148. The highest BCUT2D eigenvalue weighted by Gasteiger charge is 2.44. The van der Waals surface area contributed by atoms with Crippen molar-refractivity contribution in [2.45, 2.75) is 18.4 Å². The van der Waals surface area contributed by atoms with Gasteiger partial charge in [-0.05, 0) is 24.6 Å². The first-order chi connectivity index (χ1) is 8.21. The zero-order valence-electron chi connectivity index (χ0n) is 9.36. The molecule has 0 spiro atoms. The van der Waals surface area contributed by atoms with Gasteiger partial charge in [-0.25, -0.2) is 0 Å². The number of hydrogen-bond donors (Lipinski definition) is 3. The number of rotatable bonds is 3. The van der Waals surface area contributed by atoms with Crippen LogP contribution in [0.15, 0.2) is 30.5 Å². The molecule has 1 aromatic carbocycles. The Morgan fingerprint density at radius 3 is 2.82 bits per heavy atom. The van der Waals surface area contributed by atoms with Gasteiger partial charge in [-0.3, -0.25) is 4.79 Å². The quantitative estimate of drug-likeness (QED) is 0.749. The second-order valence-electron chi connectivity index (χ2n) is 4.60. The molecule has 4 heteroatoms. The van der Waals surface area contributed by atoms with E-state index >= 15 is 0 Å². The first-order valence-corrected chi connectivity index (χ1v) is 5.75. The number of carboxylic acid groups (broad SMARTS) is 1. The van der Waals surface area contributed by atoms with E-state index in [-0.39, 0.29) is 0 Å². The predicted molar refractivity (Wildman–Crippen MR) is 65.0 cm³/mol. The van der Waals surface area contributed by atoms with Gasteiger partial charge < -0.3 is 15.4 Å². The minimum absolute atomic E-state index is 0.534. The molecule has 0 saturated carbocycles. The van der Waals surface area contributed by atoms with E-state index in [1.807, 2.05) is 30.5 Å². The van der Waals surface area contributed by atoms with Gasteiger partial charge in [0.25, 0.3) is 0 Å². The van der Waals surface area contributed by atoms with Gasteiger partial charge in [-0.2, -0.15) is 0 Å². The molecule has 0 aliphatic carbocycles. The van der Waals surface area contributed by atoms with Crippen LogP contribution >= 0.6 is 0 Å². The molecule has 1 fully saturated rings. The number of benzene rings is 1. The first kappa shape index (κ1) is 10.4. The van der Waals surface area contributed by atoms with Crippen LogP contribution in [0, 0.1) is 0 Å². The van der Waals surface area contributed by atoms with Crippen LogP contribution in [0.4, 0.5) is 0 Å². The van der Waals surface area contributed by atoms with Crippen LogP contribution in [-0.2, 0) is 11.2 Å². The molecule has 1 aliphatic rings. The summed E-state index contributed by atoms with van der Waals surface area (Å²) in [7, 11) is 0. The zero-order valence-corrected chi connectivity index (χ0v) is 9.36. The third-order valence-corrected chi connectivity index (χ3v) is 3.59. The average molecular weight is 230 g/mol. The van der Waals surface area contributed by atoms with Gasteiger partial charge >= 0.3 is 5.97 Å². The molecule has 3 N–H and O–H groups in total. The van der Waals surface area contributed by atoms with Crippen LogP contribution in [0.5, 0.6) is 0 Å². The molecule has 0 amide bonds.